The number of benzene rings is 1. The molecule has 0 radical (unpaired) electrons. The molecule has 0 saturated carbocycles. The summed E-state index contributed by atoms with van der Waals surface area (Å²) in [7, 11) is 0. The minimum atomic E-state index is -1.53. The molecular weight excluding hydrogens is 208 g/mol. The predicted octanol–water partition coefficient (Wildman–Crippen LogP) is 1.02. The fourth-order valence-corrected chi connectivity index (χ4v) is 1.23. The van der Waals surface area contributed by atoms with Gasteiger partial charge in [0.05, 0.1) is 12.5 Å². The fraction of sp³-hybridized carbons (Fsp3) is 0.182. The molecule has 0 bridgehead atoms. The number of carboxylic acid groups (broad SMARTS) is 1. The van der Waals surface area contributed by atoms with Crippen LogP contribution < -0.4 is 4.90 Å². The number of para-hydroxylation sites is 1. The molecule has 0 fully saturated rings. The molecule has 82 valence electrons. The molecule has 1 aromatic carbocycles. The van der Waals surface area contributed by atoms with Gasteiger partial charge in [0, 0.05) is 12.2 Å². The first-order chi connectivity index (χ1) is 7.66. The second-order valence-electron chi connectivity index (χ2n) is 3.01. The van der Waals surface area contributed by atoms with Gasteiger partial charge >= 0.3 is 11.9 Å². The second-order valence-corrected chi connectivity index (χ2v) is 3.01. The van der Waals surface area contributed by atoms with Gasteiger partial charge in [-0.15, -0.1) is 0 Å². The Morgan fingerprint density at radius 2 is 1.94 bits per heavy atom. The monoisotopic (exact) mass is 218 g/mol. The number of amides is 1. The molecule has 0 aliphatic heterocycles. The van der Waals surface area contributed by atoms with Crippen LogP contribution in [0.1, 0.15) is 6.42 Å². The molecule has 0 saturated heterocycles. The molecule has 0 unspecified atom stereocenters. The van der Waals surface area contributed by atoms with Crippen molar-refractivity contribution in [2.75, 3.05) is 11.4 Å². The lowest BCUT2D eigenvalue weighted by Gasteiger charge is -2.19. The summed E-state index contributed by atoms with van der Waals surface area (Å²) < 4.78 is 0. The van der Waals surface area contributed by atoms with Crippen LogP contribution in [-0.2, 0) is 9.59 Å². The summed E-state index contributed by atoms with van der Waals surface area (Å²) in [4.78, 5) is 23.0. The van der Waals surface area contributed by atoms with E-state index in [2.05, 4.69) is 0 Å². The summed E-state index contributed by atoms with van der Waals surface area (Å²) >= 11 is 0. The highest BCUT2D eigenvalue weighted by Crippen LogP contribution is 2.13. The number of anilines is 1. The third-order valence-corrected chi connectivity index (χ3v) is 1.94. The first kappa shape index (κ1) is 11.7. The molecule has 0 atom stereocenters. The van der Waals surface area contributed by atoms with E-state index in [9.17, 15) is 9.59 Å². The van der Waals surface area contributed by atoms with Crippen molar-refractivity contribution in [2.24, 2.45) is 0 Å². The highest BCUT2D eigenvalue weighted by molar-refractivity contribution is 6.37. The van der Waals surface area contributed by atoms with E-state index >= 15 is 0 Å². The number of carboxylic acids is 1. The minimum absolute atomic E-state index is 0.0750. The average molecular weight is 218 g/mol. The molecule has 0 aromatic heterocycles. The number of rotatable bonds is 3. The topological polar surface area (TPSA) is 81.4 Å². The van der Waals surface area contributed by atoms with Gasteiger partial charge < -0.3 is 10.0 Å². The number of hydrogen-bond acceptors (Lipinski definition) is 3. The molecule has 1 N–H and O–H groups in total. The van der Waals surface area contributed by atoms with Crippen LogP contribution in [0.15, 0.2) is 30.3 Å². The van der Waals surface area contributed by atoms with Crippen molar-refractivity contribution in [1.29, 1.82) is 5.26 Å². The molecule has 1 rings (SSSR count). The quantitative estimate of drug-likeness (QED) is 0.768. The Kier molecular flexibility index (Phi) is 4.04. The standard InChI is InChI=1S/C11H10N2O3/c12-7-4-8-13(10(14)11(15)16)9-5-2-1-3-6-9/h1-3,5-6H,4,8H2,(H,15,16). The maximum absolute atomic E-state index is 11.4. The van der Waals surface area contributed by atoms with Crippen molar-refractivity contribution >= 4 is 17.6 Å². The molecule has 1 aromatic rings. The lowest BCUT2D eigenvalue weighted by Crippen LogP contribution is -2.37. The maximum atomic E-state index is 11.4. The zero-order valence-corrected chi connectivity index (χ0v) is 8.46. The van der Waals surface area contributed by atoms with E-state index < -0.39 is 11.9 Å². The number of hydrogen-bond donors (Lipinski definition) is 1. The van der Waals surface area contributed by atoms with Crippen LogP contribution in [0.4, 0.5) is 5.69 Å². The summed E-state index contributed by atoms with van der Waals surface area (Å²) in [6, 6.07) is 10.3. The molecule has 0 heterocycles. The van der Waals surface area contributed by atoms with Crippen molar-refractivity contribution in [1.82, 2.24) is 0 Å². The third kappa shape index (κ3) is 2.82. The average Bonchev–Trinajstić information content (AvgIpc) is 2.30. The number of carbonyl (C=O) groups excluding carboxylic acids is 1. The van der Waals surface area contributed by atoms with Gasteiger partial charge in [-0.25, -0.2) is 4.79 Å². The van der Waals surface area contributed by atoms with Crippen molar-refractivity contribution in [3.63, 3.8) is 0 Å². The van der Waals surface area contributed by atoms with Crippen molar-refractivity contribution in [3.8, 4) is 6.07 Å². The van der Waals surface area contributed by atoms with Gasteiger partial charge in [0.25, 0.3) is 0 Å². The molecule has 1 amide bonds. The lowest BCUT2D eigenvalue weighted by atomic mass is 10.2. The summed E-state index contributed by atoms with van der Waals surface area (Å²) in [5, 5.41) is 17.1. The minimum Gasteiger partial charge on any atom is -0.474 e. The van der Waals surface area contributed by atoms with E-state index in [0.717, 1.165) is 4.90 Å². The van der Waals surface area contributed by atoms with Gasteiger partial charge in [-0.05, 0) is 12.1 Å². The Bertz CT molecular complexity index is 423. The van der Waals surface area contributed by atoms with Crippen LogP contribution in [0.2, 0.25) is 0 Å². The van der Waals surface area contributed by atoms with Crippen LogP contribution >= 0.6 is 0 Å². The summed E-state index contributed by atoms with van der Waals surface area (Å²) in [5.41, 5.74) is 0.477. The van der Waals surface area contributed by atoms with Crippen molar-refractivity contribution < 1.29 is 14.7 Å². The number of nitriles is 1. The van der Waals surface area contributed by atoms with Crippen LogP contribution in [-0.4, -0.2) is 23.5 Å². The Morgan fingerprint density at radius 1 is 1.31 bits per heavy atom. The van der Waals surface area contributed by atoms with E-state index in [0.29, 0.717) is 5.69 Å². The van der Waals surface area contributed by atoms with Gasteiger partial charge in [0.2, 0.25) is 0 Å². The normalized spacial score (nSPS) is 9.19. The SMILES string of the molecule is N#CCCN(C(=O)C(=O)O)c1ccccc1. The second kappa shape index (κ2) is 5.51. The van der Waals surface area contributed by atoms with Crippen LogP contribution in [0.25, 0.3) is 0 Å². The molecular formula is C11H10N2O3. The largest absolute Gasteiger partial charge is 0.474 e. The highest BCUT2D eigenvalue weighted by atomic mass is 16.4. The Balaban J connectivity index is 2.93. The smallest absolute Gasteiger partial charge is 0.394 e. The molecule has 0 aliphatic carbocycles. The van der Waals surface area contributed by atoms with Crippen LogP contribution in [0, 0.1) is 11.3 Å². The maximum Gasteiger partial charge on any atom is 0.394 e. The zero-order valence-electron chi connectivity index (χ0n) is 8.46. The van der Waals surface area contributed by atoms with Gasteiger partial charge in [-0.1, -0.05) is 18.2 Å². The molecule has 16 heavy (non-hydrogen) atoms. The lowest BCUT2D eigenvalue weighted by molar-refractivity contribution is -0.148. The van der Waals surface area contributed by atoms with Crippen LogP contribution in [0.3, 0.4) is 0 Å². The van der Waals surface area contributed by atoms with E-state index in [-0.39, 0.29) is 13.0 Å². The third-order valence-electron chi connectivity index (χ3n) is 1.94. The van der Waals surface area contributed by atoms with E-state index in [4.69, 9.17) is 10.4 Å². The van der Waals surface area contributed by atoms with E-state index in [1.165, 1.54) is 0 Å². The molecule has 5 nitrogen and oxygen atoms in total. The Morgan fingerprint density at radius 3 is 2.44 bits per heavy atom. The number of aliphatic carboxylic acids is 1. The predicted molar refractivity (Wildman–Crippen MR) is 56.7 cm³/mol. The van der Waals surface area contributed by atoms with Crippen molar-refractivity contribution in [3.05, 3.63) is 30.3 Å². The Labute approximate surface area is 92.5 Å². The van der Waals surface area contributed by atoms with Crippen LogP contribution in [0.5, 0.6) is 0 Å². The van der Waals surface area contributed by atoms with Gasteiger partial charge in [-0.3, -0.25) is 4.79 Å². The fourth-order valence-electron chi connectivity index (χ4n) is 1.23. The Hall–Kier alpha value is -2.35. The van der Waals surface area contributed by atoms with E-state index in [1.54, 1.807) is 30.3 Å². The van der Waals surface area contributed by atoms with Gasteiger partial charge in [0.15, 0.2) is 0 Å². The summed E-state index contributed by atoms with van der Waals surface area (Å²) in [6.07, 6.45) is 0.0912. The highest BCUT2D eigenvalue weighted by Gasteiger charge is 2.21. The first-order valence-electron chi connectivity index (χ1n) is 4.63. The van der Waals surface area contributed by atoms with Gasteiger partial charge in [-0.2, -0.15) is 5.26 Å². The van der Waals surface area contributed by atoms with E-state index in [1.807, 2.05) is 6.07 Å². The summed E-state index contributed by atoms with van der Waals surface area (Å²) in [6.45, 7) is 0.0750. The first-order valence-corrected chi connectivity index (χ1v) is 4.63. The van der Waals surface area contributed by atoms with Gasteiger partial charge in [0.1, 0.15) is 0 Å². The number of carbonyl (C=O) groups is 2. The van der Waals surface area contributed by atoms with Crippen molar-refractivity contribution in [2.45, 2.75) is 6.42 Å². The molecule has 0 aliphatic rings. The summed E-state index contributed by atoms with van der Waals surface area (Å²) in [5.74, 6) is -2.55. The molecule has 5 heteroatoms. The number of nitrogens with zero attached hydrogens (tertiary/aromatic N) is 2. The zero-order chi connectivity index (χ0) is 12.0. The molecule has 0 spiro atoms.